The Kier molecular flexibility index (Phi) is 6.50. The van der Waals surface area contributed by atoms with Gasteiger partial charge in [0.15, 0.2) is 5.82 Å². The van der Waals surface area contributed by atoms with E-state index in [1.54, 1.807) is 0 Å². The fourth-order valence-corrected chi connectivity index (χ4v) is 5.75. The summed E-state index contributed by atoms with van der Waals surface area (Å²) >= 11 is 6.13. The van der Waals surface area contributed by atoms with Gasteiger partial charge in [0.25, 0.3) is 0 Å². The monoisotopic (exact) mass is 520 g/mol. The van der Waals surface area contributed by atoms with Crippen LogP contribution in [-0.2, 0) is 19.6 Å². The third-order valence-electron chi connectivity index (χ3n) is 7.36. The molecule has 38 heavy (non-hydrogen) atoms. The molecular weight excluding hydrogens is 488 g/mol. The first-order valence-electron chi connectivity index (χ1n) is 13.3. The van der Waals surface area contributed by atoms with Crippen molar-refractivity contribution in [1.82, 2.24) is 14.2 Å². The molecule has 0 aliphatic carbocycles. The lowest BCUT2D eigenvalue weighted by atomic mass is 9.97. The van der Waals surface area contributed by atoms with Crippen LogP contribution < -0.4 is 10.1 Å². The van der Waals surface area contributed by atoms with E-state index in [1.165, 1.54) is 33.4 Å². The Morgan fingerprint density at radius 2 is 1.71 bits per heavy atom. The fourth-order valence-electron chi connectivity index (χ4n) is 5.45. The average Bonchev–Trinajstić information content (AvgIpc) is 3.32. The van der Waals surface area contributed by atoms with E-state index >= 15 is 0 Å². The molecule has 0 unspecified atom stereocenters. The van der Waals surface area contributed by atoms with Crippen LogP contribution in [0.5, 0.6) is 5.75 Å². The lowest BCUT2D eigenvalue weighted by molar-refractivity contribution is 0.288. The van der Waals surface area contributed by atoms with E-state index in [2.05, 4.69) is 77.6 Å². The molecule has 6 heteroatoms. The van der Waals surface area contributed by atoms with Gasteiger partial charge in [-0.15, -0.1) is 5.10 Å². The van der Waals surface area contributed by atoms with E-state index in [9.17, 15) is 0 Å². The van der Waals surface area contributed by atoms with E-state index in [-0.39, 0.29) is 0 Å². The summed E-state index contributed by atoms with van der Waals surface area (Å²) in [5.41, 5.74) is 10.4. The van der Waals surface area contributed by atoms with Gasteiger partial charge in [-0.25, -0.2) is 4.52 Å². The molecule has 1 aliphatic heterocycles. The smallest absolute Gasteiger partial charge is 0.169 e. The number of anilines is 1. The minimum absolute atomic E-state index is 0.404. The minimum atomic E-state index is 0.404. The van der Waals surface area contributed by atoms with Crippen LogP contribution in [0, 0.1) is 20.8 Å². The van der Waals surface area contributed by atoms with E-state index in [0.717, 1.165) is 54.4 Å². The van der Waals surface area contributed by atoms with Gasteiger partial charge in [-0.2, -0.15) is 0 Å². The molecule has 5 nitrogen and oxygen atoms in total. The summed E-state index contributed by atoms with van der Waals surface area (Å²) in [6.07, 6.45) is 3.21. The first-order chi connectivity index (χ1) is 18.5. The van der Waals surface area contributed by atoms with Crippen LogP contribution in [0.3, 0.4) is 0 Å². The molecule has 0 fully saturated rings. The fraction of sp³-hybridized carbons (Fsp3) is 0.250. The van der Waals surface area contributed by atoms with Gasteiger partial charge in [0.2, 0.25) is 0 Å². The zero-order valence-electron chi connectivity index (χ0n) is 22.1. The molecule has 2 aromatic heterocycles. The quantitative estimate of drug-likeness (QED) is 0.237. The highest BCUT2D eigenvalue weighted by atomic mass is 32.1. The molecule has 1 N–H and O–H groups in total. The number of benzene rings is 3. The molecule has 0 bridgehead atoms. The van der Waals surface area contributed by atoms with Crippen LogP contribution in [-0.4, -0.2) is 19.2 Å². The maximum atomic E-state index is 6.14. The van der Waals surface area contributed by atoms with Gasteiger partial charge in [-0.3, -0.25) is 0 Å². The molecular formula is C32H32N4OS. The van der Waals surface area contributed by atoms with E-state index in [4.69, 9.17) is 22.1 Å². The van der Waals surface area contributed by atoms with Crippen LogP contribution >= 0.6 is 12.2 Å². The molecule has 5 aromatic rings. The lowest BCUT2D eigenvalue weighted by Gasteiger charge is -2.14. The van der Waals surface area contributed by atoms with Crippen molar-refractivity contribution in [2.75, 3.05) is 5.32 Å². The molecule has 192 valence electrons. The number of rotatable bonds is 6. The van der Waals surface area contributed by atoms with Crippen LogP contribution in [0.1, 0.15) is 46.6 Å². The molecule has 6 rings (SSSR count). The van der Waals surface area contributed by atoms with Gasteiger partial charge in [0.05, 0.1) is 0 Å². The topological polar surface area (TPSA) is 43.5 Å². The van der Waals surface area contributed by atoms with Gasteiger partial charge in [-0.05, 0) is 69.4 Å². The van der Waals surface area contributed by atoms with Crippen molar-refractivity contribution in [3.8, 4) is 16.9 Å². The summed E-state index contributed by atoms with van der Waals surface area (Å²) in [7, 11) is 0. The standard InChI is InChI=1S/C32H32N4OS/c1-21-12-15-24(16-13-21)29-26-11-7-8-18-35-28(20-37-25-9-5-4-6-10-25)34-36(32(26)35)30(29)31(38)33-27-17-14-22(2)19-23(27)3/h4-6,9-10,12-17,19H,7-8,11,18,20H2,1-3H3,(H,33,38). The van der Waals surface area contributed by atoms with Gasteiger partial charge in [0, 0.05) is 23.4 Å². The summed E-state index contributed by atoms with van der Waals surface area (Å²) in [6, 6.07) is 25.1. The van der Waals surface area contributed by atoms with Gasteiger partial charge in [-0.1, -0.05) is 77.9 Å². The molecule has 0 amide bonds. The number of nitrogens with one attached hydrogen (secondary N) is 1. The maximum absolute atomic E-state index is 6.14. The van der Waals surface area contributed by atoms with Crippen LogP contribution in [0.15, 0.2) is 72.8 Å². The molecule has 0 radical (unpaired) electrons. The van der Waals surface area contributed by atoms with Crippen molar-refractivity contribution in [2.45, 2.75) is 53.2 Å². The molecule has 1 aliphatic rings. The van der Waals surface area contributed by atoms with Gasteiger partial charge in [0.1, 0.15) is 28.7 Å². The molecule has 3 aromatic carbocycles. The summed E-state index contributed by atoms with van der Waals surface area (Å²) in [6.45, 7) is 7.67. The summed E-state index contributed by atoms with van der Waals surface area (Å²) in [5.74, 6) is 1.76. The van der Waals surface area contributed by atoms with Crippen molar-refractivity contribution < 1.29 is 4.74 Å². The number of ether oxygens (including phenoxy) is 1. The van der Waals surface area contributed by atoms with Crippen molar-refractivity contribution in [1.29, 1.82) is 0 Å². The van der Waals surface area contributed by atoms with Crippen LogP contribution in [0.4, 0.5) is 5.69 Å². The molecule has 0 spiro atoms. The number of aryl methyl sites for hydroxylation is 5. The second-order valence-electron chi connectivity index (χ2n) is 10.2. The summed E-state index contributed by atoms with van der Waals surface area (Å²) < 4.78 is 10.6. The largest absolute Gasteiger partial charge is 0.486 e. The van der Waals surface area contributed by atoms with Crippen molar-refractivity contribution >= 4 is 28.5 Å². The summed E-state index contributed by atoms with van der Waals surface area (Å²) in [5, 5.41) is 8.69. The Bertz CT molecular complexity index is 1630. The Balaban J connectivity index is 1.50. The third kappa shape index (κ3) is 4.50. The van der Waals surface area contributed by atoms with E-state index in [1.807, 2.05) is 30.3 Å². The second-order valence-corrected chi connectivity index (χ2v) is 10.6. The van der Waals surface area contributed by atoms with Gasteiger partial charge < -0.3 is 14.6 Å². The third-order valence-corrected chi connectivity index (χ3v) is 7.65. The number of nitrogens with zero attached hydrogens (tertiary/aromatic N) is 3. The van der Waals surface area contributed by atoms with Crippen LogP contribution in [0.25, 0.3) is 16.8 Å². The van der Waals surface area contributed by atoms with Crippen molar-refractivity contribution in [3.63, 3.8) is 0 Å². The highest BCUT2D eigenvalue weighted by molar-refractivity contribution is 7.81. The Labute approximate surface area is 229 Å². The number of aromatic nitrogens is 3. The number of hydrogen-bond donors (Lipinski definition) is 1. The Morgan fingerprint density at radius 3 is 2.47 bits per heavy atom. The van der Waals surface area contributed by atoms with Crippen molar-refractivity contribution in [2.24, 2.45) is 0 Å². The normalized spacial score (nSPS) is 12.9. The SMILES string of the molecule is Cc1ccc(-c2c3c4n(c(COc5ccccc5)nn4c2C(=S)Nc2ccc(C)cc2C)CCCC3)cc1. The Morgan fingerprint density at radius 1 is 0.947 bits per heavy atom. The highest BCUT2D eigenvalue weighted by Gasteiger charge is 2.29. The van der Waals surface area contributed by atoms with E-state index < -0.39 is 0 Å². The molecule has 0 saturated heterocycles. The second kappa shape index (κ2) is 10.1. The minimum Gasteiger partial charge on any atom is -0.486 e. The zero-order valence-corrected chi connectivity index (χ0v) is 22.9. The number of thiocarbonyl (C=S) groups is 1. The maximum Gasteiger partial charge on any atom is 0.169 e. The molecule has 0 atom stereocenters. The highest BCUT2D eigenvalue weighted by Crippen LogP contribution is 2.37. The van der Waals surface area contributed by atoms with Crippen LogP contribution in [0.2, 0.25) is 0 Å². The van der Waals surface area contributed by atoms with Gasteiger partial charge >= 0.3 is 0 Å². The predicted molar refractivity (Wildman–Crippen MR) is 158 cm³/mol. The summed E-state index contributed by atoms with van der Waals surface area (Å²) in [4.78, 5) is 0.675. The van der Waals surface area contributed by atoms with Crippen molar-refractivity contribution in [3.05, 3.63) is 107 Å². The first-order valence-corrected chi connectivity index (χ1v) is 13.7. The average molecular weight is 521 g/mol. The molecule has 3 heterocycles. The zero-order chi connectivity index (χ0) is 26.2. The van der Waals surface area contributed by atoms with E-state index in [0.29, 0.717) is 11.6 Å². The first kappa shape index (κ1) is 24.4. The molecule has 0 saturated carbocycles. The Hall–Kier alpha value is -3.90. The number of para-hydroxylation sites is 1. The number of hydrogen-bond acceptors (Lipinski definition) is 3. The lowest BCUT2D eigenvalue weighted by Crippen LogP contribution is -2.16. The predicted octanol–water partition coefficient (Wildman–Crippen LogP) is 7.43.